The normalized spacial score (nSPS) is 14.9. The molecule has 0 fully saturated rings. The maximum Gasteiger partial charge on any atom is 0.136 e. The number of hydrogen-bond donors (Lipinski definition) is 0. The predicted octanol–water partition coefficient (Wildman–Crippen LogP) is 12.3. The van der Waals surface area contributed by atoms with Crippen LogP contribution in [0.4, 0.5) is 0 Å². The van der Waals surface area contributed by atoms with E-state index in [1.54, 1.807) is 0 Å². The first-order valence-corrected chi connectivity index (χ1v) is 15.7. The molecule has 0 spiro atoms. The summed E-state index contributed by atoms with van der Waals surface area (Å²) in [5, 5.41) is 10.8. The lowest BCUT2D eigenvalue weighted by molar-refractivity contribution is 0.587. The van der Waals surface area contributed by atoms with Gasteiger partial charge in [0.25, 0.3) is 0 Å². The van der Waals surface area contributed by atoms with Gasteiger partial charge in [0.1, 0.15) is 11.2 Å². The van der Waals surface area contributed by atoms with Crippen LogP contribution in [0.2, 0.25) is 0 Å². The molecule has 7 aromatic rings. The van der Waals surface area contributed by atoms with E-state index in [9.17, 15) is 0 Å². The van der Waals surface area contributed by atoms with E-state index in [4.69, 9.17) is 4.42 Å². The fourth-order valence-corrected chi connectivity index (χ4v) is 8.13. The minimum atomic E-state index is -0.0680. The summed E-state index contributed by atoms with van der Waals surface area (Å²) in [6.07, 6.45) is 0. The van der Waals surface area contributed by atoms with Gasteiger partial charge in [-0.15, -0.1) is 0 Å². The molecule has 1 aliphatic rings. The van der Waals surface area contributed by atoms with E-state index in [2.05, 4.69) is 129 Å². The third-order valence-corrected chi connectivity index (χ3v) is 10.3. The van der Waals surface area contributed by atoms with Crippen LogP contribution in [0.15, 0.2) is 71.1 Å². The van der Waals surface area contributed by atoms with Crippen molar-refractivity contribution in [2.45, 2.75) is 85.0 Å². The molecule has 1 heterocycles. The van der Waals surface area contributed by atoms with Gasteiger partial charge in [-0.3, -0.25) is 0 Å². The van der Waals surface area contributed by atoms with Gasteiger partial charge in [0.2, 0.25) is 0 Å². The van der Waals surface area contributed by atoms with Gasteiger partial charge in [-0.1, -0.05) is 98.7 Å². The molecule has 6 aromatic carbocycles. The number of benzene rings is 6. The smallest absolute Gasteiger partial charge is 0.136 e. The minimum Gasteiger partial charge on any atom is -0.456 e. The zero-order valence-corrected chi connectivity index (χ0v) is 26.4. The Bertz CT molecular complexity index is 2240. The van der Waals surface area contributed by atoms with Crippen molar-refractivity contribution in [3.63, 3.8) is 0 Å². The van der Waals surface area contributed by atoms with E-state index in [-0.39, 0.29) is 10.8 Å². The van der Waals surface area contributed by atoms with E-state index < -0.39 is 0 Å². The molecule has 0 atom stereocenters. The quantitative estimate of drug-likeness (QED) is 0.196. The molecule has 1 heteroatoms. The van der Waals surface area contributed by atoms with Crippen molar-refractivity contribution >= 4 is 54.3 Å². The van der Waals surface area contributed by atoms with E-state index >= 15 is 0 Å². The molecule has 8 rings (SSSR count). The summed E-state index contributed by atoms with van der Waals surface area (Å²) in [6.45, 7) is 21.0. The van der Waals surface area contributed by atoms with Crippen LogP contribution < -0.4 is 0 Å². The summed E-state index contributed by atoms with van der Waals surface area (Å²) in [6, 6.07) is 25.8. The SMILES string of the molecule is CC(C)c1cc2c3c(cc4c(C(C)C)cc5c6c(cc1c5c42)-c1ccccc1C6(C)C)oc1cc(C(C)(C)C)ccc13. The van der Waals surface area contributed by atoms with Crippen LogP contribution in [-0.4, -0.2) is 0 Å². The van der Waals surface area contributed by atoms with Gasteiger partial charge < -0.3 is 4.42 Å². The summed E-state index contributed by atoms with van der Waals surface area (Å²) in [5.74, 6) is 0.781. The van der Waals surface area contributed by atoms with Crippen LogP contribution in [0.3, 0.4) is 0 Å². The Kier molecular flexibility index (Phi) is 5.02. The van der Waals surface area contributed by atoms with E-state index in [0.717, 1.165) is 11.2 Å². The first kappa shape index (κ1) is 25.8. The van der Waals surface area contributed by atoms with E-state index in [1.807, 2.05) is 0 Å². The van der Waals surface area contributed by atoms with Crippen LogP contribution >= 0.6 is 0 Å². The van der Waals surface area contributed by atoms with Crippen LogP contribution in [0.5, 0.6) is 0 Å². The summed E-state index contributed by atoms with van der Waals surface area (Å²) >= 11 is 0. The van der Waals surface area contributed by atoms with Gasteiger partial charge in [0.05, 0.1) is 0 Å². The third kappa shape index (κ3) is 3.20. The summed E-state index contributed by atoms with van der Waals surface area (Å²) in [4.78, 5) is 0. The maximum absolute atomic E-state index is 6.72. The lowest BCUT2D eigenvalue weighted by atomic mass is 9.76. The van der Waals surface area contributed by atoms with Gasteiger partial charge in [-0.25, -0.2) is 0 Å². The Morgan fingerprint density at radius 3 is 1.93 bits per heavy atom. The Morgan fingerprint density at radius 1 is 0.595 bits per heavy atom. The molecule has 210 valence electrons. The first-order valence-electron chi connectivity index (χ1n) is 15.7. The Hall–Kier alpha value is -3.84. The largest absolute Gasteiger partial charge is 0.456 e. The molecule has 0 N–H and O–H groups in total. The molecule has 0 bridgehead atoms. The second kappa shape index (κ2) is 8.16. The Morgan fingerprint density at radius 2 is 1.24 bits per heavy atom. The third-order valence-electron chi connectivity index (χ3n) is 10.3. The lowest BCUT2D eigenvalue weighted by Gasteiger charge is -2.27. The molecule has 0 saturated carbocycles. The molecule has 0 saturated heterocycles. The monoisotopic (exact) mass is 548 g/mol. The average molecular weight is 549 g/mol. The highest BCUT2D eigenvalue weighted by Gasteiger charge is 2.38. The van der Waals surface area contributed by atoms with Crippen molar-refractivity contribution in [2.75, 3.05) is 0 Å². The van der Waals surface area contributed by atoms with Crippen molar-refractivity contribution in [1.82, 2.24) is 0 Å². The highest BCUT2D eigenvalue weighted by molar-refractivity contribution is 6.34. The minimum absolute atomic E-state index is 0.0670. The molecule has 0 unspecified atom stereocenters. The maximum atomic E-state index is 6.72. The molecule has 0 aliphatic heterocycles. The molecule has 1 nitrogen and oxygen atoms in total. The number of rotatable bonds is 2. The van der Waals surface area contributed by atoms with Gasteiger partial charge in [-0.2, -0.15) is 0 Å². The zero-order valence-electron chi connectivity index (χ0n) is 26.4. The molecule has 1 aliphatic carbocycles. The second-order valence-electron chi connectivity index (χ2n) is 15.0. The van der Waals surface area contributed by atoms with Crippen molar-refractivity contribution < 1.29 is 4.42 Å². The topological polar surface area (TPSA) is 13.1 Å². The lowest BCUT2D eigenvalue weighted by Crippen LogP contribution is -2.16. The van der Waals surface area contributed by atoms with E-state index in [0.29, 0.717) is 11.8 Å². The summed E-state index contributed by atoms with van der Waals surface area (Å²) < 4.78 is 6.72. The second-order valence-corrected chi connectivity index (χ2v) is 15.0. The molecule has 0 radical (unpaired) electrons. The molecule has 1 aromatic heterocycles. The highest BCUT2D eigenvalue weighted by Crippen LogP contribution is 2.56. The fraction of sp³-hybridized carbons (Fsp3) is 0.317. The Labute approximate surface area is 248 Å². The van der Waals surface area contributed by atoms with Crippen molar-refractivity contribution in [3.05, 3.63) is 94.5 Å². The van der Waals surface area contributed by atoms with Crippen LogP contribution in [-0.2, 0) is 10.8 Å². The number of furan rings is 1. The molecular formula is C41H40O. The van der Waals surface area contributed by atoms with Crippen molar-refractivity contribution in [2.24, 2.45) is 0 Å². The van der Waals surface area contributed by atoms with Gasteiger partial charge in [0, 0.05) is 16.2 Å². The van der Waals surface area contributed by atoms with Gasteiger partial charge >= 0.3 is 0 Å². The van der Waals surface area contributed by atoms with Gasteiger partial charge in [0.15, 0.2) is 0 Å². The standard InChI is InChI=1S/C41H40O/c1-21(2)26-17-31-36-25-15-14-23(40(5,6)7)16-34(25)42-35(36)20-29-27(22(3)4)18-32-38(37(29)31)28(26)19-30-24-12-10-11-13-33(24)41(8,9)39(30)32/h10-22H,1-9H3. The predicted molar refractivity (Wildman–Crippen MR) is 182 cm³/mol. The number of fused-ring (bicyclic) bond motifs is 8. The Balaban J connectivity index is 1.64. The fourth-order valence-electron chi connectivity index (χ4n) is 8.13. The zero-order chi connectivity index (χ0) is 29.5. The van der Waals surface area contributed by atoms with Crippen molar-refractivity contribution in [1.29, 1.82) is 0 Å². The first-order chi connectivity index (χ1) is 19.9. The van der Waals surface area contributed by atoms with E-state index in [1.165, 1.54) is 82.0 Å². The summed E-state index contributed by atoms with van der Waals surface area (Å²) in [7, 11) is 0. The number of hydrogen-bond acceptors (Lipinski definition) is 1. The molecule has 42 heavy (non-hydrogen) atoms. The van der Waals surface area contributed by atoms with Gasteiger partial charge in [-0.05, 0) is 119 Å². The summed E-state index contributed by atoms with van der Waals surface area (Å²) in [5.41, 5.74) is 11.8. The van der Waals surface area contributed by atoms with Crippen LogP contribution in [0, 0.1) is 0 Å². The van der Waals surface area contributed by atoms with Crippen LogP contribution in [0.1, 0.15) is 102 Å². The molecule has 0 amide bonds. The average Bonchev–Trinajstić information content (AvgIpc) is 3.41. The van der Waals surface area contributed by atoms with Crippen LogP contribution in [0.25, 0.3) is 65.4 Å². The molecular weight excluding hydrogens is 508 g/mol. The highest BCUT2D eigenvalue weighted by atomic mass is 16.3. The van der Waals surface area contributed by atoms with Crippen molar-refractivity contribution in [3.8, 4) is 11.1 Å².